The summed E-state index contributed by atoms with van der Waals surface area (Å²) >= 11 is 3.63. The van der Waals surface area contributed by atoms with Crippen molar-refractivity contribution in [3.05, 3.63) is 71.0 Å². The van der Waals surface area contributed by atoms with E-state index in [0.717, 1.165) is 16.6 Å². The Labute approximate surface area is 126 Å². The van der Waals surface area contributed by atoms with Crippen molar-refractivity contribution in [1.29, 1.82) is 0 Å². The normalized spacial score (nSPS) is 10.7. The van der Waals surface area contributed by atoms with Crippen molar-refractivity contribution in [3.8, 4) is 5.75 Å². The van der Waals surface area contributed by atoms with Crippen LogP contribution in [0, 0.1) is 0 Å². The zero-order chi connectivity index (χ0) is 13.8. The number of hydrogen-bond donors (Lipinski definition) is 0. The third kappa shape index (κ3) is 2.83. The predicted octanol–water partition coefficient (Wildman–Crippen LogP) is 4.62. The second-order valence-electron chi connectivity index (χ2n) is 4.56. The molecule has 0 atom stereocenters. The summed E-state index contributed by atoms with van der Waals surface area (Å²) in [5.41, 5.74) is 1.18. The van der Waals surface area contributed by atoms with Crippen molar-refractivity contribution in [1.82, 2.24) is 4.98 Å². The van der Waals surface area contributed by atoms with E-state index in [-0.39, 0.29) is 0 Å². The zero-order valence-corrected chi connectivity index (χ0v) is 12.5. The Hall–Kier alpha value is -1.87. The maximum absolute atomic E-state index is 5.87. The van der Waals surface area contributed by atoms with Crippen molar-refractivity contribution >= 4 is 26.7 Å². The molecule has 0 aliphatic rings. The number of rotatable bonds is 4. The first-order valence-electron chi connectivity index (χ1n) is 6.53. The fraction of sp³-hybridized carbons (Fsp3) is 0.118. The Morgan fingerprint density at radius 2 is 1.90 bits per heavy atom. The lowest BCUT2D eigenvalue weighted by Crippen LogP contribution is -2.02. The highest BCUT2D eigenvalue weighted by Gasteiger charge is 2.05. The van der Waals surface area contributed by atoms with Crippen LogP contribution in [0.1, 0.15) is 5.56 Å². The Kier molecular flexibility index (Phi) is 3.97. The minimum absolute atomic E-state index is 0.642. The lowest BCUT2D eigenvalue weighted by atomic mass is 10.1. The van der Waals surface area contributed by atoms with Gasteiger partial charge in [0.1, 0.15) is 5.75 Å². The molecule has 0 aliphatic heterocycles. The van der Waals surface area contributed by atoms with Gasteiger partial charge in [-0.05, 0) is 44.4 Å². The maximum Gasteiger partial charge on any atom is 0.134 e. The number of nitrogens with zero attached hydrogens (tertiary/aromatic N) is 1. The highest BCUT2D eigenvalue weighted by atomic mass is 79.9. The number of benzene rings is 2. The molecule has 2 nitrogen and oxygen atoms in total. The topological polar surface area (TPSA) is 22.1 Å². The van der Waals surface area contributed by atoms with Gasteiger partial charge in [-0.15, -0.1) is 0 Å². The Morgan fingerprint density at radius 3 is 2.75 bits per heavy atom. The third-order valence-electron chi connectivity index (χ3n) is 3.20. The van der Waals surface area contributed by atoms with Gasteiger partial charge in [-0.3, -0.25) is 4.98 Å². The van der Waals surface area contributed by atoms with Crippen LogP contribution in [0.5, 0.6) is 5.75 Å². The molecule has 0 spiro atoms. The Bertz CT molecular complexity index is 713. The molecule has 0 aliphatic carbocycles. The van der Waals surface area contributed by atoms with E-state index in [1.165, 1.54) is 16.3 Å². The first-order chi connectivity index (χ1) is 9.84. The van der Waals surface area contributed by atoms with Crippen LogP contribution >= 0.6 is 15.9 Å². The molecule has 20 heavy (non-hydrogen) atoms. The lowest BCUT2D eigenvalue weighted by Gasteiger charge is -2.10. The number of fused-ring (bicyclic) bond motifs is 1. The molecule has 0 N–H and O–H groups in total. The first-order valence-corrected chi connectivity index (χ1v) is 7.33. The summed E-state index contributed by atoms with van der Waals surface area (Å²) in [6.45, 7) is 0.642. The van der Waals surface area contributed by atoms with Gasteiger partial charge in [0.2, 0.25) is 0 Å². The second kappa shape index (κ2) is 6.06. The molecule has 0 amide bonds. The molecule has 0 fully saturated rings. The summed E-state index contributed by atoms with van der Waals surface area (Å²) in [6, 6.07) is 16.4. The van der Waals surface area contributed by atoms with Crippen molar-refractivity contribution in [3.63, 3.8) is 0 Å². The van der Waals surface area contributed by atoms with Gasteiger partial charge < -0.3 is 4.74 Å². The average molecular weight is 328 g/mol. The molecule has 0 saturated carbocycles. The Morgan fingerprint density at radius 1 is 1.00 bits per heavy atom. The number of aromatic nitrogens is 1. The van der Waals surface area contributed by atoms with Crippen molar-refractivity contribution < 1.29 is 4.74 Å². The van der Waals surface area contributed by atoms with E-state index in [2.05, 4.69) is 45.2 Å². The molecule has 2 aromatic carbocycles. The van der Waals surface area contributed by atoms with Gasteiger partial charge in [0, 0.05) is 18.8 Å². The van der Waals surface area contributed by atoms with Gasteiger partial charge in [0.05, 0.1) is 11.1 Å². The molecule has 0 radical (unpaired) electrons. The van der Waals surface area contributed by atoms with Crippen LogP contribution < -0.4 is 4.74 Å². The number of ether oxygens (including phenoxy) is 1. The molecule has 3 rings (SSSR count). The molecular weight excluding hydrogens is 314 g/mol. The SMILES string of the molecule is Brc1c(OCCc2cccnc2)ccc2ccccc12. The predicted molar refractivity (Wildman–Crippen MR) is 85.1 cm³/mol. The van der Waals surface area contributed by atoms with E-state index in [4.69, 9.17) is 4.74 Å². The van der Waals surface area contributed by atoms with Gasteiger partial charge in [-0.1, -0.05) is 36.4 Å². The molecule has 0 unspecified atom stereocenters. The maximum atomic E-state index is 5.87. The smallest absolute Gasteiger partial charge is 0.134 e. The highest BCUT2D eigenvalue weighted by Crippen LogP contribution is 2.33. The highest BCUT2D eigenvalue weighted by molar-refractivity contribution is 9.10. The third-order valence-corrected chi connectivity index (χ3v) is 4.02. The fourth-order valence-corrected chi connectivity index (χ4v) is 2.76. The van der Waals surface area contributed by atoms with Crippen LogP contribution in [-0.2, 0) is 6.42 Å². The molecule has 0 bridgehead atoms. The molecule has 1 heterocycles. The molecular formula is C17H14BrNO. The monoisotopic (exact) mass is 327 g/mol. The van der Waals surface area contributed by atoms with Crippen LogP contribution in [0.25, 0.3) is 10.8 Å². The van der Waals surface area contributed by atoms with Crippen LogP contribution in [0.15, 0.2) is 65.4 Å². The van der Waals surface area contributed by atoms with E-state index in [0.29, 0.717) is 6.61 Å². The standard InChI is InChI=1S/C17H14BrNO/c18-17-15-6-2-1-5-14(15)7-8-16(17)20-11-9-13-4-3-10-19-12-13/h1-8,10,12H,9,11H2. The minimum Gasteiger partial charge on any atom is -0.492 e. The molecule has 0 saturated heterocycles. The van der Waals surface area contributed by atoms with Crippen LogP contribution in [-0.4, -0.2) is 11.6 Å². The summed E-state index contributed by atoms with van der Waals surface area (Å²) < 4.78 is 6.89. The van der Waals surface area contributed by atoms with E-state index in [9.17, 15) is 0 Å². The van der Waals surface area contributed by atoms with Gasteiger partial charge in [-0.2, -0.15) is 0 Å². The van der Waals surface area contributed by atoms with Gasteiger partial charge in [-0.25, -0.2) is 0 Å². The summed E-state index contributed by atoms with van der Waals surface area (Å²) in [6.07, 6.45) is 4.51. The van der Waals surface area contributed by atoms with Gasteiger partial charge in [0.25, 0.3) is 0 Å². The second-order valence-corrected chi connectivity index (χ2v) is 5.35. The largest absolute Gasteiger partial charge is 0.492 e. The van der Waals surface area contributed by atoms with Crippen molar-refractivity contribution in [2.75, 3.05) is 6.61 Å². The summed E-state index contributed by atoms with van der Waals surface area (Å²) in [5, 5.41) is 2.38. The van der Waals surface area contributed by atoms with Crippen molar-refractivity contribution in [2.45, 2.75) is 6.42 Å². The van der Waals surface area contributed by atoms with Gasteiger partial charge in [0.15, 0.2) is 0 Å². The quantitative estimate of drug-likeness (QED) is 0.697. The molecule has 3 aromatic rings. The minimum atomic E-state index is 0.642. The van der Waals surface area contributed by atoms with Crippen LogP contribution in [0.4, 0.5) is 0 Å². The van der Waals surface area contributed by atoms with E-state index < -0.39 is 0 Å². The van der Waals surface area contributed by atoms with E-state index >= 15 is 0 Å². The summed E-state index contributed by atoms with van der Waals surface area (Å²) in [4.78, 5) is 4.10. The van der Waals surface area contributed by atoms with Crippen LogP contribution in [0.2, 0.25) is 0 Å². The van der Waals surface area contributed by atoms with Crippen molar-refractivity contribution in [2.24, 2.45) is 0 Å². The van der Waals surface area contributed by atoms with Crippen LogP contribution in [0.3, 0.4) is 0 Å². The molecule has 1 aromatic heterocycles. The number of hydrogen-bond acceptors (Lipinski definition) is 2. The first kappa shape index (κ1) is 13.1. The lowest BCUT2D eigenvalue weighted by molar-refractivity contribution is 0.320. The number of halogens is 1. The Balaban J connectivity index is 1.73. The van der Waals surface area contributed by atoms with E-state index in [1.54, 1.807) is 6.20 Å². The number of pyridine rings is 1. The molecule has 100 valence electrons. The average Bonchev–Trinajstić information content (AvgIpc) is 2.51. The summed E-state index contributed by atoms with van der Waals surface area (Å²) in [5.74, 6) is 0.882. The fourth-order valence-electron chi connectivity index (χ4n) is 2.15. The molecule has 3 heteroatoms. The van der Waals surface area contributed by atoms with Gasteiger partial charge >= 0.3 is 0 Å². The zero-order valence-electron chi connectivity index (χ0n) is 10.9. The van der Waals surface area contributed by atoms with E-state index in [1.807, 2.05) is 30.5 Å². The summed E-state index contributed by atoms with van der Waals surface area (Å²) in [7, 11) is 0.